The number of halogens is 1. The second-order valence-corrected chi connectivity index (χ2v) is 6.99. The number of hydrogen-bond donors (Lipinski definition) is 2. The number of hydrogen-bond acceptors (Lipinski definition) is 3. The van der Waals surface area contributed by atoms with Crippen LogP contribution >= 0.6 is 27.3 Å². The van der Waals surface area contributed by atoms with Crippen LogP contribution in [0.25, 0.3) is 0 Å². The summed E-state index contributed by atoms with van der Waals surface area (Å²) in [6, 6.07) is 4.33. The predicted molar refractivity (Wildman–Crippen MR) is 71.4 cm³/mol. The van der Waals surface area contributed by atoms with E-state index in [0.29, 0.717) is 6.54 Å². The highest BCUT2D eigenvalue weighted by molar-refractivity contribution is 9.11. The van der Waals surface area contributed by atoms with Crippen molar-refractivity contribution in [2.75, 3.05) is 6.54 Å². The van der Waals surface area contributed by atoms with Gasteiger partial charge in [-0.05, 0) is 48.8 Å². The van der Waals surface area contributed by atoms with Crippen LogP contribution in [0.5, 0.6) is 0 Å². The van der Waals surface area contributed by atoms with Gasteiger partial charge in [0.1, 0.15) is 0 Å². The van der Waals surface area contributed by atoms with Crippen LogP contribution in [0.15, 0.2) is 15.9 Å². The molecule has 5 heteroatoms. The number of amides is 1. The lowest BCUT2D eigenvalue weighted by molar-refractivity contribution is -0.125. The van der Waals surface area contributed by atoms with Gasteiger partial charge in [0.2, 0.25) is 5.91 Å². The van der Waals surface area contributed by atoms with Crippen LogP contribution in [-0.2, 0) is 4.79 Å². The first kappa shape index (κ1) is 13.7. The maximum atomic E-state index is 11.2. The lowest BCUT2D eigenvalue weighted by Gasteiger charge is -2.23. The summed E-state index contributed by atoms with van der Waals surface area (Å²) in [6.45, 7) is 6.35. The van der Waals surface area contributed by atoms with E-state index in [1.54, 1.807) is 11.3 Å². The van der Waals surface area contributed by atoms with Crippen molar-refractivity contribution in [1.82, 2.24) is 5.32 Å². The summed E-state index contributed by atoms with van der Waals surface area (Å²) in [7, 11) is 0. The maximum absolute atomic E-state index is 11.2. The molecule has 0 fully saturated rings. The summed E-state index contributed by atoms with van der Waals surface area (Å²) in [4.78, 5) is 12.4. The number of carbonyl (C=O) groups excluding carboxylic acids is 1. The Balaban J connectivity index is 2.53. The van der Waals surface area contributed by atoms with E-state index in [1.807, 2.05) is 19.9 Å². The summed E-state index contributed by atoms with van der Waals surface area (Å²) in [5.41, 5.74) is 4.80. The molecule has 3 nitrogen and oxygen atoms in total. The molecule has 0 unspecified atom stereocenters. The van der Waals surface area contributed by atoms with Gasteiger partial charge in [-0.1, -0.05) is 0 Å². The molecule has 16 heavy (non-hydrogen) atoms. The first-order valence-corrected chi connectivity index (χ1v) is 6.72. The van der Waals surface area contributed by atoms with E-state index >= 15 is 0 Å². The summed E-state index contributed by atoms with van der Waals surface area (Å²) in [5, 5.41) is 3.32. The zero-order chi connectivity index (χ0) is 12.3. The van der Waals surface area contributed by atoms with E-state index in [-0.39, 0.29) is 11.9 Å². The van der Waals surface area contributed by atoms with Gasteiger partial charge >= 0.3 is 0 Å². The lowest BCUT2D eigenvalue weighted by Crippen LogP contribution is -2.41. The molecule has 0 bridgehead atoms. The minimum Gasteiger partial charge on any atom is -0.369 e. The molecule has 0 aliphatic rings. The van der Waals surface area contributed by atoms with Crippen LogP contribution in [0, 0.1) is 5.41 Å². The summed E-state index contributed by atoms with van der Waals surface area (Å²) in [6.07, 6.45) is 0. The van der Waals surface area contributed by atoms with Gasteiger partial charge in [0.05, 0.1) is 9.20 Å². The zero-order valence-corrected chi connectivity index (χ0v) is 12.1. The van der Waals surface area contributed by atoms with Crippen LogP contribution in [0.3, 0.4) is 0 Å². The van der Waals surface area contributed by atoms with E-state index in [4.69, 9.17) is 5.73 Å². The molecule has 0 saturated carbocycles. The van der Waals surface area contributed by atoms with E-state index in [9.17, 15) is 4.79 Å². The minimum absolute atomic E-state index is 0.231. The highest BCUT2D eigenvalue weighted by atomic mass is 79.9. The number of carbonyl (C=O) groups is 1. The fourth-order valence-corrected chi connectivity index (χ4v) is 2.61. The third kappa shape index (κ3) is 3.57. The third-order valence-corrected chi connectivity index (χ3v) is 4.34. The molecule has 1 heterocycles. The van der Waals surface area contributed by atoms with Gasteiger partial charge in [0, 0.05) is 17.5 Å². The van der Waals surface area contributed by atoms with Gasteiger partial charge in [0.15, 0.2) is 0 Å². The Hall–Kier alpha value is -0.390. The number of thiophene rings is 1. The molecule has 0 saturated heterocycles. The molecule has 1 rings (SSSR count). The topological polar surface area (TPSA) is 55.1 Å². The molecule has 90 valence electrons. The molecular formula is C11H17BrN2OS. The second-order valence-electron chi connectivity index (χ2n) is 4.49. The Bertz CT molecular complexity index is 376. The van der Waals surface area contributed by atoms with Gasteiger partial charge in [-0.15, -0.1) is 11.3 Å². The minimum atomic E-state index is -0.511. The van der Waals surface area contributed by atoms with E-state index < -0.39 is 5.41 Å². The average molecular weight is 305 g/mol. The van der Waals surface area contributed by atoms with Crippen LogP contribution in [-0.4, -0.2) is 12.5 Å². The van der Waals surface area contributed by atoms with Crippen LogP contribution < -0.4 is 11.1 Å². The van der Waals surface area contributed by atoms with Crippen LogP contribution in [0.2, 0.25) is 0 Å². The van der Waals surface area contributed by atoms with Gasteiger partial charge in [0.25, 0.3) is 0 Å². The van der Waals surface area contributed by atoms with Crippen molar-refractivity contribution in [3.8, 4) is 0 Å². The van der Waals surface area contributed by atoms with E-state index in [0.717, 1.165) is 3.79 Å². The number of nitrogens with two attached hydrogens (primary N) is 1. The van der Waals surface area contributed by atoms with Crippen molar-refractivity contribution in [2.45, 2.75) is 26.8 Å². The molecule has 0 spiro atoms. The molecule has 3 N–H and O–H groups in total. The Morgan fingerprint density at radius 2 is 2.25 bits per heavy atom. The monoisotopic (exact) mass is 304 g/mol. The van der Waals surface area contributed by atoms with Crippen molar-refractivity contribution in [2.24, 2.45) is 11.1 Å². The molecule has 0 aromatic carbocycles. The maximum Gasteiger partial charge on any atom is 0.224 e. The smallest absolute Gasteiger partial charge is 0.224 e. The van der Waals surface area contributed by atoms with Crippen LogP contribution in [0.1, 0.15) is 31.7 Å². The number of nitrogens with one attached hydrogen (secondary N) is 1. The molecular weight excluding hydrogens is 288 g/mol. The summed E-state index contributed by atoms with van der Waals surface area (Å²) in [5.74, 6) is -0.278. The normalized spacial score (nSPS) is 13.8. The Kier molecular flexibility index (Phi) is 4.52. The first-order valence-electron chi connectivity index (χ1n) is 5.11. The van der Waals surface area contributed by atoms with Gasteiger partial charge in [-0.25, -0.2) is 0 Å². The van der Waals surface area contributed by atoms with Crippen molar-refractivity contribution in [3.05, 3.63) is 20.8 Å². The highest BCUT2D eigenvalue weighted by Gasteiger charge is 2.25. The van der Waals surface area contributed by atoms with Crippen molar-refractivity contribution in [1.29, 1.82) is 0 Å². The van der Waals surface area contributed by atoms with E-state index in [2.05, 4.69) is 34.2 Å². The molecule has 1 amide bonds. The van der Waals surface area contributed by atoms with Gasteiger partial charge in [-0.2, -0.15) is 0 Å². The van der Waals surface area contributed by atoms with Crippen molar-refractivity contribution < 1.29 is 4.79 Å². The first-order chi connectivity index (χ1) is 7.33. The standard InChI is InChI=1S/C11H17BrN2OS/c1-7(8-4-5-9(12)16-8)14-6-11(2,3)10(13)15/h4-5,7,14H,6H2,1-3H3,(H2,13,15)/t7-/m1/s1. The fourth-order valence-electron chi connectivity index (χ4n) is 1.16. The third-order valence-electron chi connectivity index (χ3n) is 2.54. The molecule has 1 aromatic heterocycles. The molecule has 1 atom stereocenters. The number of primary amides is 1. The van der Waals surface area contributed by atoms with Gasteiger partial charge < -0.3 is 11.1 Å². The number of rotatable bonds is 5. The summed E-state index contributed by atoms with van der Waals surface area (Å²) < 4.78 is 1.12. The molecule has 1 aromatic rings. The quantitative estimate of drug-likeness (QED) is 0.879. The SMILES string of the molecule is C[C@@H](NCC(C)(C)C(N)=O)c1ccc(Br)s1. The van der Waals surface area contributed by atoms with Gasteiger partial charge in [-0.3, -0.25) is 4.79 Å². The van der Waals surface area contributed by atoms with Crippen molar-refractivity contribution >= 4 is 33.2 Å². The largest absolute Gasteiger partial charge is 0.369 e. The Morgan fingerprint density at radius 1 is 1.62 bits per heavy atom. The fraction of sp³-hybridized carbons (Fsp3) is 0.545. The van der Waals surface area contributed by atoms with Crippen molar-refractivity contribution in [3.63, 3.8) is 0 Å². The Labute approximate surface area is 109 Å². The summed E-state index contributed by atoms with van der Waals surface area (Å²) >= 11 is 5.12. The predicted octanol–water partition coefficient (Wildman–Crippen LogP) is 2.67. The molecule has 0 aliphatic heterocycles. The zero-order valence-electron chi connectivity index (χ0n) is 9.71. The van der Waals surface area contributed by atoms with E-state index in [1.165, 1.54) is 4.88 Å². The highest BCUT2D eigenvalue weighted by Crippen LogP contribution is 2.27. The molecule has 0 aliphatic carbocycles. The second kappa shape index (κ2) is 5.29. The molecule has 0 radical (unpaired) electrons. The average Bonchev–Trinajstić information content (AvgIpc) is 2.61. The lowest BCUT2D eigenvalue weighted by atomic mass is 9.92. The van der Waals surface area contributed by atoms with Crippen LogP contribution in [0.4, 0.5) is 0 Å². The Morgan fingerprint density at radius 3 is 2.69 bits per heavy atom.